The van der Waals surface area contributed by atoms with Gasteiger partial charge in [0.25, 0.3) is 11.8 Å². The van der Waals surface area contributed by atoms with Crippen molar-refractivity contribution >= 4 is 42.4 Å². The van der Waals surface area contributed by atoms with Crippen LogP contribution >= 0.6 is 0 Å². The van der Waals surface area contributed by atoms with Gasteiger partial charge in [-0.1, -0.05) is 62.1 Å². The number of rotatable bonds is 19. The number of nitrogens with zero attached hydrogens (tertiary/aromatic N) is 6. The van der Waals surface area contributed by atoms with Gasteiger partial charge in [-0.05, 0) is 138 Å². The van der Waals surface area contributed by atoms with Crippen LogP contribution in [0.2, 0.25) is 25.7 Å². The highest BCUT2D eigenvalue weighted by Gasteiger charge is 2.49. The van der Waals surface area contributed by atoms with E-state index in [1.54, 1.807) is 23.8 Å². The van der Waals surface area contributed by atoms with Crippen LogP contribution in [0.3, 0.4) is 0 Å². The molecule has 3 aromatic carbocycles. The molecule has 6 heterocycles. The lowest BCUT2D eigenvalue weighted by Crippen LogP contribution is -2.50. The highest BCUT2D eigenvalue weighted by molar-refractivity contribution is 6.76. The molecule has 440 valence electrons. The number of likely N-dealkylation sites (tertiary alicyclic amines) is 1. The number of piperidine rings is 1. The first-order valence-electron chi connectivity index (χ1n) is 29.3. The number of methoxy groups -OCH3 is 1. The molecule has 6 aliphatic rings. The predicted molar refractivity (Wildman–Crippen MR) is 307 cm³/mol. The van der Waals surface area contributed by atoms with E-state index in [2.05, 4.69) is 80.9 Å². The van der Waals surface area contributed by atoms with Crippen molar-refractivity contribution in [2.24, 2.45) is 11.3 Å². The quantitative estimate of drug-likeness (QED) is 0.0504. The van der Waals surface area contributed by atoms with Gasteiger partial charge in [-0.15, -0.1) is 0 Å². The molecular formula is C62H83F3N6O9Si. The number of carbonyl (C=O) groups excluding carboxylic acids is 3. The Labute approximate surface area is 475 Å². The normalized spacial score (nSPS) is 24.6. The zero-order valence-electron chi connectivity index (χ0n) is 48.7. The molecule has 1 aromatic heterocycles. The topological polar surface area (TPSA) is 137 Å². The van der Waals surface area contributed by atoms with Crippen molar-refractivity contribution in [2.75, 3.05) is 86.1 Å². The second-order valence-electron chi connectivity index (χ2n) is 26.2. The third-order valence-electron chi connectivity index (χ3n) is 18.1. The third kappa shape index (κ3) is 12.6. The lowest BCUT2D eigenvalue weighted by atomic mass is 9.67. The minimum atomic E-state index is -4.36. The maximum atomic E-state index is 14.5. The Morgan fingerprint density at radius 2 is 1.64 bits per heavy atom. The van der Waals surface area contributed by atoms with Gasteiger partial charge in [0.1, 0.15) is 36.2 Å². The fourth-order valence-electron chi connectivity index (χ4n) is 13.3. The number of hydrogen-bond donors (Lipinski definition) is 0. The first-order chi connectivity index (χ1) is 38.4. The van der Waals surface area contributed by atoms with Gasteiger partial charge in [-0.25, -0.2) is 4.79 Å². The number of aromatic nitrogens is 2. The number of ether oxygens (including phenoxy) is 5. The number of imide groups is 1. The first-order valence-corrected chi connectivity index (χ1v) is 33.0. The summed E-state index contributed by atoms with van der Waals surface area (Å²) in [6.07, 6.45) is 2.87. The van der Waals surface area contributed by atoms with Crippen molar-refractivity contribution in [1.82, 2.24) is 28.7 Å². The molecule has 0 radical (unpaired) electrons. The highest BCUT2D eigenvalue weighted by Crippen LogP contribution is 2.46. The SMILES string of the molecule is COc1ccc([C@]2(CCN(Cc3ccc(C4=CC[C@H](CN5CCN(C(=O)c6ccc7c8c6O[C@@H]6COC[C@@H]6n8c(=O)n7C6CCC(=O)N(COCC[Si](C)(C)C)C6=O)CC5)CC4)cc3)CC(C)(C)C(F)(F)F)CCOC(C)(C)C2)cc1. The molecule has 0 N–H and O–H groups in total. The Hall–Kier alpha value is -5.31. The molecule has 5 aliphatic heterocycles. The number of piperazine rings is 1. The van der Waals surface area contributed by atoms with Crippen LogP contribution in [-0.2, 0) is 35.8 Å². The van der Waals surface area contributed by atoms with Crippen molar-refractivity contribution in [1.29, 1.82) is 0 Å². The lowest BCUT2D eigenvalue weighted by molar-refractivity contribution is -0.217. The van der Waals surface area contributed by atoms with Gasteiger partial charge in [-0.2, -0.15) is 13.2 Å². The molecule has 0 bridgehead atoms. The maximum Gasteiger partial charge on any atom is 0.395 e. The van der Waals surface area contributed by atoms with E-state index in [1.807, 2.05) is 21.9 Å². The minimum Gasteiger partial charge on any atom is -0.497 e. The standard InChI is InChI=1S/C62H83F3N6O9Si/c1-59(2,62(63,64)65)40-67(27-25-61(26-32-79-60(3,4)39-61)46-17-19-47(76-5)20-18-46)36-43-11-15-45(16-12-43)44-13-9-42(10-14-44)35-66-28-30-68(31-29-66)56(73)48-21-22-49-54-55(48)80-52-38-78-37-51(52)71(54)58(75)70(49)50-23-24-53(72)69(57(50)74)41-77-33-34-81(6,7)8/h11-13,15-22,42,50-52H,9-10,14,23-41H2,1-8H3/t42-,50?,51-,52+,61+/m0/s1. The molecule has 4 fully saturated rings. The Kier molecular flexibility index (Phi) is 17.0. The van der Waals surface area contributed by atoms with E-state index in [1.165, 1.54) is 24.0 Å². The molecule has 19 heteroatoms. The number of amides is 3. The average molecular weight is 1140 g/mol. The third-order valence-corrected chi connectivity index (χ3v) is 19.8. The minimum absolute atomic E-state index is 0.0916. The summed E-state index contributed by atoms with van der Waals surface area (Å²) in [6.45, 7) is 19.0. The van der Waals surface area contributed by atoms with Crippen LogP contribution in [0.4, 0.5) is 13.2 Å². The van der Waals surface area contributed by atoms with Gasteiger partial charge < -0.3 is 28.6 Å². The number of alkyl halides is 3. The molecule has 3 amide bonds. The van der Waals surface area contributed by atoms with Crippen LogP contribution in [0.15, 0.2) is 71.5 Å². The largest absolute Gasteiger partial charge is 0.497 e. The van der Waals surface area contributed by atoms with Gasteiger partial charge >= 0.3 is 11.9 Å². The van der Waals surface area contributed by atoms with Gasteiger partial charge in [0.15, 0.2) is 5.75 Å². The summed E-state index contributed by atoms with van der Waals surface area (Å²) < 4.78 is 76.4. The molecule has 4 aromatic rings. The van der Waals surface area contributed by atoms with Crippen molar-refractivity contribution in [2.45, 2.75) is 147 Å². The van der Waals surface area contributed by atoms with E-state index in [0.29, 0.717) is 87.2 Å². The summed E-state index contributed by atoms with van der Waals surface area (Å²) in [6, 6.07) is 19.5. The fraction of sp³-hybridized carbons (Fsp3) is 0.613. The van der Waals surface area contributed by atoms with E-state index in [0.717, 1.165) is 72.0 Å². The van der Waals surface area contributed by atoms with E-state index in [9.17, 15) is 32.3 Å². The summed E-state index contributed by atoms with van der Waals surface area (Å²) in [4.78, 5) is 63.6. The number of allylic oxidation sites excluding steroid dienone is 2. The first kappa shape index (κ1) is 58.9. The molecule has 4 saturated heterocycles. The highest BCUT2D eigenvalue weighted by atomic mass is 28.3. The van der Waals surface area contributed by atoms with Crippen LogP contribution in [0.1, 0.15) is 118 Å². The van der Waals surface area contributed by atoms with Crippen LogP contribution < -0.4 is 15.2 Å². The Balaban J connectivity index is 0.763. The Bertz CT molecular complexity index is 3030. The van der Waals surface area contributed by atoms with E-state index < -0.39 is 49.4 Å². The summed E-state index contributed by atoms with van der Waals surface area (Å²) in [5.41, 5.74) is 2.94. The van der Waals surface area contributed by atoms with Crippen LogP contribution in [0.25, 0.3) is 16.6 Å². The molecule has 10 rings (SSSR count). The molecule has 81 heavy (non-hydrogen) atoms. The van der Waals surface area contributed by atoms with Crippen molar-refractivity contribution in [3.05, 3.63) is 99.5 Å². The number of imidazole rings is 1. The maximum absolute atomic E-state index is 14.5. The van der Waals surface area contributed by atoms with Crippen molar-refractivity contribution < 1.29 is 51.2 Å². The molecule has 1 aliphatic carbocycles. The second-order valence-corrected chi connectivity index (χ2v) is 31.8. The van der Waals surface area contributed by atoms with Crippen molar-refractivity contribution in [3.8, 4) is 11.5 Å². The van der Waals surface area contributed by atoms with Gasteiger partial charge in [-0.3, -0.25) is 38.2 Å². The average Bonchev–Trinajstić information content (AvgIpc) is 4.26. The zero-order chi connectivity index (χ0) is 57.6. The number of hydrogen-bond acceptors (Lipinski definition) is 11. The van der Waals surface area contributed by atoms with Gasteiger partial charge in [0, 0.05) is 78.9 Å². The number of fused-ring (bicyclic) bond motifs is 2. The summed E-state index contributed by atoms with van der Waals surface area (Å²) in [5, 5.41) is 0. The van der Waals surface area contributed by atoms with E-state index in [-0.39, 0.29) is 62.2 Å². The van der Waals surface area contributed by atoms with Crippen molar-refractivity contribution in [3.63, 3.8) is 0 Å². The smallest absolute Gasteiger partial charge is 0.395 e. The number of carbonyl (C=O) groups is 3. The molecule has 1 unspecified atom stereocenters. The van der Waals surface area contributed by atoms with Crippen LogP contribution in [0, 0.1) is 11.3 Å². The molecule has 0 spiro atoms. The van der Waals surface area contributed by atoms with Gasteiger partial charge in [0.2, 0.25) is 5.91 Å². The van der Waals surface area contributed by atoms with Gasteiger partial charge in [0.05, 0.1) is 42.4 Å². The monoisotopic (exact) mass is 1140 g/mol. The van der Waals surface area contributed by atoms with Crippen LogP contribution in [0.5, 0.6) is 11.5 Å². The van der Waals surface area contributed by atoms with Crippen LogP contribution in [-0.4, -0.2) is 158 Å². The molecule has 5 atom stereocenters. The number of benzene rings is 3. The molecular weight excluding hydrogens is 1060 g/mol. The Morgan fingerprint density at radius 3 is 2.31 bits per heavy atom. The van der Waals surface area contributed by atoms with E-state index in [4.69, 9.17) is 23.7 Å². The summed E-state index contributed by atoms with van der Waals surface area (Å²) in [7, 11) is 0.243. The Morgan fingerprint density at radius 1 is 0.901 bits per heavy atom. The lowest BCUT2D eigenvalue weighted by Gasteiger charge is -2.46. The molecule has 0 saturated carbocycles. The summed E-state index contributed by atoms with van der Waals surface area (Å²) >= 11 is 0. The zero-order valence-corrected chi connectivity index (χ0v) is 49.7. The summed E-state index contributed by atoms with van der Waals surface area (Å²) in [5.74, 6) is 0.564. The number of halogens is 3. The molecule has 15 nitrogen and oxygen atoms in total. The fourth-order valence-corrected chi connectivity index (χ4v) is 14.0. The second kappa shape index (κ2) is 23.4. The predicted octanol–water partition coefficient (Wildman–Crippen LogP) is 10.1. The van der Waals surface area contributed by atoms with E-state index >= 15 is 0 Å².